The van der Waals surface area contributed by atoms with E-state index >= 15 is 0 Å². The summed E-state index contributed by atoms with van der Waals surface area (Å²) in [4.78, 5) is 0. The lowest BCUT2D eigenvalue weighted by atomic mass is 9.79. The van der Waals surface area contributed by atoms with Gasteiger partial charge in [-0.2, -0.15) is 0 Å². The van der Waals surface area contributed by atoms with E-state index in [1.165, 1.54) is 0 Å². The molecule has 0 bridgehead atoms. The maximum Gasteiger partial charge on any atom is 0.144 e. The zero-order valence-electron chi connectivity index (χ0n) is 16.8. The Hall–Kier alpha value is -2.64. The van der Waals surface area contributed by atoms with Crippen molar-refractivity contribution in [2.24, 2.45) is 0 Å². The number of hydrogen-bond acceptors (Lipinski definition) is 1. The summed E-state index contributed by atoms with van der Waals surface area (Å²) in [5, 5.41) is 0. The van der Waals surface area contributed by atoms with Crippen molar-refractivity contribution >= 4 is 0 Å². The van der Waals surface area contributed by atoms with Gasteiger partial charge in [0.1, 0.15) is 5.60 Å². The van der Waals surface area contributed by atoms with Crippen molar-refractivity contribution in [2.75, 3.05) is 0 Å². The zero-order chi connectivity index (χ0) is 19.7. The van der Waals surface area contributed by atoms with Crippen LogP contribution < -0.4 is 0 Å². The molecule has 0 saturated carbocycles. The van der Waals surface area contributed by atoms with Crippen molar-refractivity contribution < 1.29 is 4.74 Å². The van der Waals surface area contributed by atoms with Crippen LogP contribution in [0.1, 0.15) is 49.3 Å². The number of ether oxygens (including phenoxy) is 1. The molecule has 1 atom stereocenters. The molecule has 3 rings (SSSR count). The van der Waals surface area contributed by atoms with Gasteiger partial charge in [0.15, 0.2) is 0 Å². The smallest absolute Gasteiger partial charge is 0.144 e. The third-order valence-corrected chi connectivity index (χ3v) is 5.19. The molecule has 0 aliphatic rings. The Kier molecular flexibility index (Phi) is 7.22. The van der Waals surface area contributed by atoms with Gasteiger partial charge in [0.05, 0.1) is 6.10 Å². The molecule has 1 nitrogen and oxygen atoms in total. The van der Waals surface area contributed by atoms with Crippen molar-refractivity contribution in [2.45, 2.75) is 44.3 Å². The third-order valence-electron chi connectivity index (χ3n) is 5.19. The van der Waals surface area contributed by atoms with E-state index in [-0.39, 0.29) is 6.10 Å². The second-order valence-electron chi connectivity index (χ2n) is 7.19. The maximum atomic E-state index is 7.07. The highest BCUT2D eigenvalue weighted by atomic mass is 16.5. The minimum absolute atomic E-state index is 0.109. The lowest BCUT2D eigenvalue weighted by Crippen LogP contribution is -2.37. The van der Waals surface area contributed by atoms with Gasteiger partial charge in [-0.1, -0.05) is 117 Å². The summed E-state index contributed by atoms with van der Waals surface area (Å²) in [7, 11) is 0. The van der Waals surface area contributed by atoms with Gasteiger partial charge in [-0.25, -0.2) is 0 Å². The van der Waals surface area contributed by atoms with E-state index in [0.717, 1.165) is 42.4 Å². The third kappa shape index (κ3) is 4.43. The van der Waals surface area contributed by atoms with Crippen LogP contribution in [0.3, 0.4) is 0 Å². The van der Waals surface area contributed by atoms with Crippen LogP contribution in [0, 0.1) is 0 Å². The van der Waals surface area contributed by atoms with E-state index in [9.17, 15) is 0 Å². The van der Waals surface area contributed by atoms with Gasteiger partial charge in [-0.15, -0.1) is 6.58 Å². The average Bonchev–Trinajstić information content (AvgIpc) is 2.77. The second-order valence-corrected chi connectivity index (χ2v) is 7.19. The van der Waals surface area contributed by atoms with Crippen LogP contribution in [0.2, 0.25) is 0 Å². The minimum atomic E-state index is -0.648. The summed E-state index contributed by atoms with van der Waals surface area (Å²) in [5.74, 6) is 0. The number of rotatable bonds is 10. The molecule has 144 valence electrons. The summed E-state index contributed by atoms with van der Waals surface area (Å²) < 4.78 is 7.07. The van der Waals surface area contributed by atoms with Gasteiger partial charge in [-0.3, -0.25) is 0 Å². The molecule has 0 aromatic heterocycles. The van der Waals surface area contributed by atoms with E-state index in [4.69, 9.17) is 4.74 Å². The first kappa shape index (κ1) is 20.1. The Balaban J connectivity index is 2.19. The summed E-state index contributed by atoms with van der Waals surface area (Å²) in [6.45, 7) is 6.20. The Labute approximate surface area is 169 Å². The Morgan fingerprint density at radius 3 is 1.57 bits per heavy atom. The highest BCUT2D eigenvalue weighted by Crippen LogP contribution is 2.42. The fraction of sp³-hybridized carbons (Fsp3) is 0.259. The van der Waals surface area contributed by atoms with Crippen molar-refractivity contribution in [3.05, 3.63) is 120 Å². The van der Waals surface area contributed by atoms with Gasteiger partial charge in [-0.05, 0) is 29.5 Å². The van der Waals surface area contributed by atoms with Crippen LogP contribution in [0.4, 0.5) is 0 Å². The molecular weight excluding hydrogens is 340 g/mol. The van der Waals surface area contributed by atoms with Gasteiger partial charge in [0.2, 0.25) is 0 Å². The predicted molar refractivity (Wildman–Crippen MR) is 118 cm³/mol. The zero-order valence-corrected chi connectivity index (χ0v) is 16.8. The molecular formula is C27H30O. The molecule has 1 unspecified atom stereocenters. The summed E-state index contributed by atoms with van der Waals surface area (Å²) in [6, 6.07) is 31.7. The summed E-state index contributed by atoms with van der Waals surface area (Å²) in [6.07, 6.45) is 6.26. The molecule has 0 saturated heterocycles. The molecule has 0 spiro atoms. The highest BCUT2D eigenvalue weighted by Gasteiger charge is 2.39. The van der Waals surface area contributed by atoms with E-state index in [2.05, 4.69) is 104 Å². The lowest BCUT2D eigenvalue weighted by Gasteiger charge is -2.39. The molecule has 3 aromatic carbocycles. The topological polar surface area (TPSA) is 9.23 Å². The van der Waals surface area contributed by atoms with Crippen LogP contribution in [0.25, 0.3) is 0 Å². The molecule has 0 N–H and O–H groups in total. The van der Waals surface area contributed by atoms with E-state index in [1.54, 1.807) is 0 Å². The van der Waals surface area contributed by atoms with Gasteiger partial charge >= 0.3 is 0 Å². The van der Waals surface area contributed by atoms with Crippen molar-refractivity contribution in [3.8, 4) is 0 Å². The van der Waals surface area contributed by atoms with Crippen molar-refractivity contribution in [3.63, 3.8) is 0 Å². The van der Waals surface area contributed by atoms with Crippen LogP contribution in [-0.4, -0.2) is 6.10 Å². The fourth-order valence-electron chi connectivity index (χ4n) is 3.82. The van der Waals surface area contributed by atoms with Crippen LogP contribution in [-0.2, 0) is 10.3 Å². The summed E-state index contributed by atoms with van der Waals surface area (Å²) >= 11 is 0. The van der Waals surface area contributed by atoms with Gasteiger partial charge < -0.3 is 4.74 Å². The van der Waals surface area contributed by atoms with E-state index in [1.807, 2.05) is 6.08 Å². The standard InChI is InChI=1S/C27H30O/c1-3-5-22-26(15-4-2)28-27(23-16-9-6-10-17-23,24-18-11-7-12-19-24)25-20-13-8-14-21-25/h4,6-14,16-21,26H,2-3,5,15,22H2,1H3. The molecule has 0 radical (unpaired) electrons. The van der Waals surface area contributed by atoms with Crippen molar-refractivity contribution in [1.82, 2.24) is 0 Å². The quantitative estimate of drug-likeness (QED) is 0.272. The van der Waals surface area contributed by atoms with Crippen LogP contribution in [0.15, 0.2) is 104 Å². The first-order valence-electron chi connectivity index (χ1n) is 10.3. The van der Waals surface area contributed by atoms with Gasteiger partial charge in [0, 0.05) is 0 Å². The predicted octanol–water partition coefficient (Wildman–Crippen LogP) is 7.13. The molecule has 0 fully saturated rings. The minimum Gasteiger partial charge on any atom is -0.357 e. The van der Waals surface area contributed by atoms with E-state index in [0.29, 0.717) is 0 Å². The lowest BCUT2D eigenvalue weighted by molar-refractivity contribution is -0.0501. The molecule has 1 heteroatoms. The average molecular weight is 371 g/mol. The normalized spacial score (nSPS) is 12.5. The largest absolute Gasteiger partial charge is 0.357 e. The Morgan fingerprint density at radius 1 is 0.786 bits per heavy atom. The Morgan fingerprint density at radius 2 is 1.21 bits per heavy atom. The molecule has 0 aliphatic carbocycles. The Bertz CT molecular complexity index is 727. The maximum absolute atomic E-state index is 7.07. The summed E-state index contributed by atoms with van der Waals surface area (Å²) in [5.41, 5.74) is 2.81. The van der Waals surface area contributed by atoms with Gasteiger partial charge in [0.25, 0.3) is 0 Å². The monoisotopic (exact) mass is 370 g/mol. The second kappa shape index (κ2) is 10.1. The van der Waals surface area contributed by atoms with Crippen molar-refractivity contribution in [1.29, 1.82) is 0 Å². The molecule has 0 aliphatic heterocycles. The molecule has 0 heterocycles. The van der Waals surface area contributed by atoms with Crippen LogP contribution in [0.5, 0.6) is 0 Å². The van der Waals surface area contributed by atoms with E-state index < -0.39 is 5.60 Å². The first-order chi connectivity index (χ1) is 13.8. The number of unbranched alkanes of at least 4 members (excludes halogenated alkanes) is 1. The van der Waals surface area contributed by atoms with Crippen LogP contribution >= 0.6 is 0 Å². The molecule has 0 amide bonds. The SMILES string of the molecule is C=CCC(CCCC)OC(c1ccccc1)(c1ccccc1)c1ccccc1. The molecule has 28 heavy (non-hydrogen) atoms. The highest BCUT2D eigenvalue weighted by molar-refractivity contribution is 5.47. The number of benzene rings is 3. The first-order valence-corrected chi connectivity index (χ1v) is 10.3. The molecule has 3 aromatic rings. The fourth-order valence-corrected chi connectivity index (χ4v) is 3.82. The number of hydrogen-bond donors (Lipinski definition) is 0.